The number of anilines is 1. The van der Waals surface area contributed by atoms with Crippen molar-refractivity contribution in [3.05, 3.63) is 82.9 Å². The number of amides is 1. The summed E-state index contributed by atoms with van der Waals surface area (Å²) < 4.78 is 0. The van der Waals surface area contributed by atoms with Crippen molar-refractivity contribution in [3.63, 3.8) is 0 Å². The minimum atomic E-state index is -0.0799. The summed E-state index contributed by atoms with van der Waals surface area (Å²) in [5.74, 6) is 0.784. The Balaban J connectivity index is 1.61. The Labute approximate surface area is 184 Å². The number of benzene rings is 3. The van der Waals surface area contributed by atoms with Crippen LogP contribution in [0.5, 0.6) is 0 Å². The van der Waals surface area contributed by atoms with Gasteiger partial charge in [0.05, 0.1) is 11.3 Å². The van der Waals surface area contributed by atoms with E-state index in [9.17, 15) is 4.79 Å². The number of fused-ring (bicyclic) bond motifs is 1. The van der Waals surface area contributed by atoms with Crippen LogP contribution >= 0.6 is 23.4 Å². The van der Waals surface area contributed by atoms with Gasteiger partial charge in [0, 0.05) is 21.7 Å². The summed E-state index contributed by atoms with van der Waals surface area (Å²) in [6.07, 6.45) is 0. The van der Waals surface area contributed by atoms with Crippen molar-refractivity contribution in [2.45, 2.75) is 18.9 Å². The van der Waals surface area contributed by atoms with Crippen LogP contribution in [0.1, 0.15) is 11.1 Å². The van der Waals surface area contributed by atoms with E-state index in [1.54, 1.807) is 0 Å². The molecule has 0 aliphatic rings. The number of halogens is 1. The van der Waals surface area contributed by atoms with Gasteiger partial charge in [0.15, 0.2) is 5.82 Å². The summed E-state index contributed by atoms with van der Waals surface area (Å²) in [6.45, 7) is 4.03. The van der Waals surface area contributed by atoms with Crippen molar-refractivity contribution in [2.24, 2.45) is 0 Å². The van der Waals surface area contributed by atoms with Crippen molar-refractivity contribution >= 4 is 45.9 Å². The first-order chi connectivity index (χ1) is 14.5. The molecule has 4 rings (SSSR count). The quantitative estimate of drug-likeness (QED) is 0.296. The van der Waals surface area contributed by atoms with Crippen LogP contribution in [0.4, 0.5) is 5.69 Å². The van der Waals surface area contributed by atoms with E-state index in [0.717, 1.165) is 38.3 Å². The molecule has 0 unspecified atom stereocenters. The topological polar surface area (TPSA) is 54.9 Å². The van der Waals surface area contributed by atoms with Gasteiger partial charge in [-0.25, -0.2) is 9.97 Å². The Morgan fingerprint density at radius 1 is 1.00 bits per heavy atom. The van der Waals surface area contributed by atoms with Crippen LogP contribution in [-0.2, 0) is 4.79 Å². The molecule has 0 saturated carbocycles. The number of carbonyl (C=O) groups excluding carboxylic acids is 1. The molecule has 0 saturated heterocycles. The van der Waals surface area contributed by atoms with Crippen molar-refractivity contribution in [3.8, 4) is 11.4 Å². The Bertz CT molecular complexity index is 1230. The zero-order valence-electron chi connectivity index (χ0n) is 16.6. The third kappa shape index (κ3) is 4.48. The largest absolute Gasteiger partial charge is 0.325 e. The van der Waals surface area contributed by atoms with E-state index >= 15 is 0 Å². The number of thioether (sulfide) groups is 1. The lowest BCUT2D eigenvalue weighted by atomic mass is 10.1. The number of aryl methyl sites for hydroxylation is 1. The Morgan fingerprint density at radius 3 is 2.60 bits per heavy atom. The third-order valence-electron chi connectivity index (χ3n) is 4.87. The molecule has 1 N–H and O–H groups in total. The molecule has 0 aliphatic heterocycles. The molecular formula is C24H20ClN3OS. The zero-order chi connectivity index (χ0) is 21.1. The van der Waals surface area contributed by atoms with E-state index in [1.807, 2.05) is 80.6 Å². The SMILES string of the molecule is Cc1cccc(NC(=O)CSc2nc(-c3ccccc3)nc3ccc(Cl)cc23)c1C. The summed E-state index contributed by atoms with van der Waals surface area (Å²) in [6, 6.07) is 21.2. The molecule has 1 aromatic heterocycles. The standard InChI is InChI=1S/C24H20ClN3OS/c1-15-7-6-10-20(16(15)2)26-22(29)14-30-24-19-13-18(25)11-12-21(19)27-23(28-24)17-8-4-3-5-9-17/h3-13H,14H2,1-2H3,(H,26,29). The summed E-state index contributed by atoms with van der Waals surface area (Å²) in [5.41, 5.74) is 4.77. The highest BCUT2D eigenvalue weighted by Gasteiger charge is 2.13. The third-order valence-corrected chi connectivity index (χ3v) is 6.10. The number of hydrogen-bond donors (Lipinski definition) is 1. The predicted octanol–water partition coefficient (Wildman–Crippen LogP) is 6.30. The second-order valence-electron chi connectivity index (χ2n) is 6.96. The number of rotatable bonds is 5. The second kappa shape index (κ2) is 8.86. The lowest BCUT2D eigenvalue weighted by molar-refractivity contribution is -0.113. The van der Waals surface area contributed by atoms with E-state index in [2.05, 4.69) is 10.3 Å². The molecular weight excluding hydrogens is 414 g/mol. The summed E-state index contributed by atoms with van der Waals surface area (Å²) in [7, 11) is 0. The highest BCUT2D eigenvalue weighted by molar-refractivity contribution is 8.00. The highest BCUT2D eigenvalue weighted by atomic mass is 35.5. The van der Waals surface area contributed by atoms with Gasteiger partial charge in [0.25, 0.3) is 0 Å². The maximum atomic E-state index is 12.6. The van der Waals surface area contributed by atoms with Gasteiger partial charge < -0.3 is 5.32 Å². The molecule has 150 valence electrons. The van der Waals surface area contributed by atoms with E-state index in [-0.39, 0.29) is 11.7 Å². The fourth-order valence-corrected chi connectivity index (χ4v) is 4.09. The first-order valence-electron chi connectivity index (χ1n) is 9.53. The van der Waals surface area contributed by atoms with Crippen molar-refractivity contribution in [1.29, 1.82) is 0 Å². The maximum absolute atomic E-state index is 12.6. The number of aromatic nitrogens is 2. The molecule has 1 heterocycles. The monoisotopic (exact) mass is 433 g/mol. The fourth-order valence-electron chi connectivity index (χ4n) is 3.11. The average Bonchev–Trinajstić information content (AvgIpc) is 2.76. The van der Waals surface area contributed by atoms with Gasteiger partial charge in [-0.15, -0.1) is 0 Å². The van der Waals surface area contributed by atoms with Gasteiger partial charge >= 0.3 is 0 Å². The Kier molecular flexibility index (Phi) is 6.02. The fraction of sp³-hybridized carbons (Fsp3) is 0.125. The maximum Gasteiger partial charge on any atom is 0.234 e. The molecule has 0 fully saturated rings. The van der Waals surface area contributed by atoms with Gasteiger partial charge in [0.2, 0.25) is 5.91 Å². The molecule has 0 aliphatic carbocycles. The number of nitrogens with zero attached hydrogens (tertiary/aromatic N) is 2. The molecule has 0 atom stereocenters. The van der Waals surface area contributed by atoms with E-state index in [4.69, 9.17) is 16.6 Å². The molecule has 1 amide bonds. The summed E-state index contributed by atoms with van der Waals surface area (Å²) in [5, 5.41) is 5.18. The van der Waals surface area contributed by atoms with Crippen LogP contribution < -0.4 is 5.32 Å². The van der Waals surface area contributed by atoms with Gasteiger partial charge in [-0.05, 0) is 49.2 Å². The van der Waals surface area contributed by atoms with Crippen molar-refractivity contribution < 1.29 is 4.79 Å². The van der Waals surface area contributed by atoms with Gasteiger partial charge in [-0.2, -0.15) is 0 Å². The molecule has 6 heteroatoms. The molecule has 0 spiro atoms. The second-order valence-corrected chi connectivity index (χ2v) is 8.36. The van der Waals surface area contributed by atoms with Crippen LogP contribution in [0.25, 0.3) is 22.3 Å². The summed E-state index contributed by atoms with van der Waals surface area (Å²) in [4.78, 5) is 22.0. The van der Waals surface area contributed by atoms with Crippen LogP contribution in [0, 0.1) is 13.8 Å². The van der Waals surface area contributed by atoms with E-state index in [1.165, 1.54) is 11.8 Å². The van der Waals surface area contributed by atoms with Crippen molar-refractivity contribution in [2.75, 3.05) is 11.1 Å². The van der Waals surface area contributed by atoms with Gasteiger partial charge in [-0.1, -0.05) is 65.8 Å². The van der Waals surface area contributed by atoms with Crippen LogP contribution in [0.3, 0.4) is 0 Å². The highest BCUT2D eigenvalue weighted by Crippen LogP contribution is 2.30. The molecule has 0 bridgehead atoms. The zero-order valence-corrected chi connectivity index (χ0v) is 18.2. The predicted molar refractivity (Wildman–Crippen MR) is 125 cm³/mol. The van der Waals surface area contributed by atoms with Crippen LogP contribution in [0.2, 0.25) is 5.02 Å². The molecule has 4 aromatic rings. The lowest BCUT2D eigenvalue weighted by Crippen LogP contribution is -2.15. The molecule has 0 radical (unpaired) electrons. The minimum Gasteiger partial charge on any atom is -0.325 e. The van der Waals surface area contributed by atoms with Crippen molar-refractivity contribution in [1.82, 2.24) is 9.97 Å². The molecule has 30 heavy (non-hydrogen) atoms. The first kappa shape index (κ1) is 20.4. The van der Waals surface area contributed by atoms with Gasteiger partial charge in [-0.3, -0.25) is 4.79 Å². The van der Waals surface area contributed by atoms with Crippen LogP contribution in [0.15, 0.2) is 71.8 Å². The lowest BCUT2D eigenvalue weighted by Gasteiger charge is -2.11. The van der Waals surface area contributed by atoms with E-state index < -0.39 is 0 Å². The normalized spacial score (nSPS) is 10.9. The number of nitrogens with one attached hydrogen (secondary N) is 1. The van der Waals surface area contributed by atoms with E-state index in [0.29, 0.717) is 10.8 Å². The number of carbonyl (C=O) groups is 1. The van der Waals surface area contributed by atoms with Crippen LogP contribution in [-0.4, -0.2) is 21.6 Å². The Morgan fingerprint density at radius 2 is 1.80 bits per heavy atom. The minimum absolute atomic E-state index is 0.0799. The Hall–Kier alpha value is -2.89. The molecule has 3 aromatic carbocycles. The number of hydrogen-bond acceptors (Lipinski definition) is 4. The average molecular weight is 434 g/mol. The van der Waals surface area contributed by atoms with Gasteiger partial charge in [0.1, 0.15) is 5.03 Å². The smallest absolute Gasteiger partial charge is 0.234 e. The summed E-state index contributed by atoms with van der Waals surface area (Å²) >= 11 is 7.59. The first-order valence-corrected chi connectivity index (χ1v) is 10.9. The molecule has 4 nitrogen and oxygen atoms in total.